The quantitative estimate of drug-likeness (QED) is 0.229. The first kappa shape index (κ1) is 26.0. The molecule has 0 radical (unpaired) electrons. The van der Waals surface area contributed by atoms with E-state index in [1.165, 1.54) is 32.3 Å². The Hall–Kier alpha value is -4.64. The van der Waals surface area contributed by atoms with Crippen LogP contribution in [0, 0.1) is 6.92 Å². The van der Waals surface area contributed by atoms with Gasteiger partial charge in [-0.2, -0.15) is 0 Å². The summed E-state index contributed by atoms with van der Waals surface area (Å²) in [5, 5.41) is 0.518. The third-order valence-corrected chi connectivity index (χ3v) is 7.43. The maximum absolute atomic E-state index is 13.9. The average molecular weight is 549 g/mol. The predicted molar refractivity (Wildman–Crippen MR) is 145 cm³/mol. The smallest absolute Gasteiger partial charge is 0.350 e. The van der Waals surface area contributed by atoms with E-state index in [1.54, 1.807) is 43.3 Å². The first-order chi connectivity index (χ1) is 18.8. The maximum Gasteiger partial charge on any atom is 0.350 e. The second-order valence-electron chi connectivity index (χ2n) is 8.50. The zero-order chi connectivity index (χ0) is 27.8. The monoisotopic (exact) mass is 548 g/mol. The third-order valence-electron chi connectivity index (χ3n) is 6.29. The molecule has 0 saturated carbocycles. The number of anilines is 1. The number of hydrogen-bond donors (Lipinski definition) is 0. The average Bonchev–Trinajstić information content (AvgIpc) is 3.47. The number of hydrogen-bond acceptors (Lipinski definition) is 10. The van der Waals surface area contributed by atoms with Gasteiger partial charge in [-0.1, -0.05) is 36.1 Å². The van der Waals surface area contributed by atoms with Crippen LogP contribution in [0.25, 0.3) is 11.0 Å². The lowest BCUT2D eigenvalue weighted by molar-refractivity contribution is 0.0554. The molecule has 10 nitrogen and oxygen atoms in total. The fourth-order valence-corrected chi connectivity index (χ4v) is 5.55. The van der Waals surface area contributed by atoms with Crippen molar-refractivity contribution in [3.63, 3.8) is 0 Å². The highest BCUT2D eigenvalue weighted by Gasteiger charge is 2.46. The van der Waals surface area contributed by atoms with Gasteiger partial charge in [-0.05, 0) is 36.8 Å². The van der Waals surface area contributed by atoms with Gasteiger partial charge in [-0.25, -0.2) is 9.78 Å². The maximum atomic E-state index is 13.9. The van der Waals surface area contributed by atoms with Crippen molar-refractivity contribution in [1.29, 1.82) is 0 Å². The zero-order valence-corrected chi connectivity index (χ0v) is 22.4. The van der Waals surface area contributed by atoms with E-state index in [1.807, 2.05) is 0 Å². The Labute approximate surface area is 227 Å². The van der Waals surface area contributed by atoms with E-state index in [0.29, 0.717) is 33.9 Å². The summed E-state index contributed by atoms with van der Waals surface area (Å²) in [6.07, 6.45) is 1.46. The van der Waals surface area contributed by atoms with Gasteiger partial charge in [0.05, 0.1) is 44.0 Å². The highest BCUT2D eigenvalue weighted by atomic mass is 32.1. The van der Waals surface area contributed by atoms with Gasteiger partial charge < -0.3 is 23.4 Å². The van der Waals surface area contributed by atoms with Crippen molar-refractivity contribution in [2.45, 2.75) is 13.0 Å². The van der Waals surface area contributed by atoms with Crippen LogP contribution in [-0.2, 0) is 4.74 Å². The summed E-state index contributed by atoms with van der Waals surface area (Å²) in [7, 11) is 4.42. The summed E-state index contributed by atoms with van der Waals surface area (Å²) in [6.45, 7) is 5.22. The molecule has 0 spiro atoms. The molecule has 0 fully saturated rings. The van der Waals surface area contributed by atoms with E-state index in [-0.39, 0.29) is 39.0 Å². The third kappa shape index (κ3) is 4.20. The molecule has 0 aliphatic carbocycles. The number of benzene rings is 2. The van der Waals surface area contributed by atoms with Crippen LogP contribution in [0.4, 0.5) is 5.13 Å². The number of esters is 1. The van der Waals surface area contributed by atoms with E-state index in [2.05, 4.69) is 11.6 Å². The largest absolute Gasteiger partial charge is 0.493 e. The van der Waals surface area contributed by atoms with Crippen molar-refractivity contribution in [2.75, 3.05) is 32.8 Å². The number of carbonyl (C=O) groups is 2. The van der Waals surface area contributed by atoms with E-state index in [4.69, 9.17) is 23.4 Å². The highest BCUT2D eigenvalue weighted by molar-refractivity contribution is 7.17. The van der Waals surface area contributed by atoms with Crippen molar-refractivity contribution in [3.8, 4) is 17.2 Å². The van der Waals surface area contributed by atoms with E-state index in [0.717, 1.165) is 11.3 Å². The Bertz CT molecular complexity index is 1660. The number of carbonyl (C=O) groups excluding carboxylic acids is 2. The van der Waals surface area contributed by atoms with Gasteiger partial charge in [0.1, 0.15) is 17.1 Å². The Morgan fingerprint density at radius 3 is 2.46 bits per heavy atom. The summed E-state index contributed by atoms with van der Waals surface area (Å²) in [4.78, 5) is 46.5. The summed E-state index contributed by atoms with van der Waals surface area (Å²) in [6, 6.07) is 9.07. The van der Waals surface area contributed by atoms with Crippen molar-refractivity contribution in [1.82, 2.24) is 4.98 Å². The molecule has 2 aromatic carbocycles. The van der Waals surface area contributed by atoms with Crippen LogP contribution in [0.15, 0.2) is 58.3 Å². The Kier molecular flexibility index (Phi) is 6.83. The lowest BCUT2D eigenvalue weighted by Gasteiger charge is -2.24. The first-order valence-corrected chi connectivity index (χ1v) is 12.6. The fraction of sp³-hybridized carbons (Fsp3) is 0.214. The number of fused-ring (bicyclic) bond motifs is 2. The molecule has 1 aliphatic rings. The van der Waals surface area contributed by atoms with Crippen LogP contribution < -0.4 is 24.5 Å². The predicted octanol–water partition coefficient (Wildman–Crippen LogP) is 4.68. The van der Waals surface area contributed by atoms with Gasteiger partial charge in [-0.15, -0.1) is 0 Å². The van der Waals surface area contributed by atoms with Crippen LogP contribution in [0.5, 0.6) is 17.2 Å². The molecule has 1 amide bonds. The molecule has 11 heteroatoms. The van der Waals surface area contributed by atoms with Gasteiger partial charge in [-0.3, -0.25) is 14.5 Å². The van der Waals surface area contributed by atoms with Gasteiger partial charge in [0.15, 0.2) is 22.1 Å². The molecule has 1 aliphatic heterocycles. The molecule has 0 saturated heterocycles. The van der Waals surface area contributed by atoms with Crippen molar-refractivity contribution in [3.05, 3.63) is 86.7 Å². The summed E-state index contributed by atoms with van der Waals surface area (Å²) >= 11 is 0.980. The molecular formula is C28H24N2O8S. The van der Waals surface area contributed by atoms with Crippen molar-refractivity contribution >= 4 is 39.3 Å². The first-order valence-electron chi connectivity index (χ1n) is 11.8. The number of rotatable bonds is 8. The van der Waals surface area contributed by atoms with Crippen molar-refractivity contribution < 1.29 is 33.0 Å². The summed E-state index contributed by atoms with van der Waals surface area (Å²) in [5.41, 5.74) is 0.921. The van der Waals surface area contributed by atoms with E-state index in [9.17, 15) is 14.4 Å². The number of aryl methyl sites for hydroxylation is 1. The summed E-state index contributed by atoms with van der Waals surface area (Å²) in [5.74, 6) is -0.261. The molecule has 4 aromatic rings. The number of para-hydroxylation sites is 1. The molecule has 3 heterocycles. The Morgan fingerprint density at radius 1 is 1.13 bits per heavy atom. The van der Waals surface area contributed by atoms with Crippen LogP contribution >= 0.6 is 11.3 Å². The number of aromatic nitrogens is 1. The van der Waals surface area contributed by atoms with Gasteiger partial charge >= 0.3 is 5.97 Å². The number of nitrogens with zero attached hydrogens (tertiary/aromatic N) is 2. The zero-order valence-electron chi connectivity index (χ0n) is 21.6. The van der Waals surface area contributed by atoms with Crippen LogP contribution in [0.2, 0.25) is 0 Å². The number of ether oxygens (including phenoxy) is 4. The second-order valence-corrected chi connectivity index (χ2v) is 9.48. The van der Waals surface area contributed by atoms with Gasteiger partial charge in [0, 0.05) is 0 Å². The molecule has 0 unspecified atom stereocenters. The lowest BCUT2D eigenvalue weighted by Crippen LogP contribution is -2.29. The fourth-order valence-electron chi connectivity index (χ4n) is 4.57. The van der Waals surface area contributed by atoms with E-state index >= 15 is 0 Å². The van der Waals surface area contributed by atoms with Crippen LogP contribution in [-0.4, -0.2) is 44.8 Å². The number of methoxy groups -OCH3 is 3. The minimum atomic E-state index is -0.968. The SMILES string of the molecule is C=CCOC(=O)c1sc(N2C(=O)c3oc4ccccc4c(=O)c3[C@@H]2c2cc(OC)c(OC)c(OC)c2)nc1C. The van der Waals surface area contributed by atoms with E-state index < -0.39 is 17.9 Å². The van der Waals surface area contributed by atoms with Crippen LogP contribution in [0.1, 0.15) is 43.1 Å². The second kappa shape index (κ2) is 10.3. The number of amides is 1. The molecule has 5 rings (SSSR count). The normalized spacial score (nSPS) is 14.3. The van der Waals surface area contributed by atoms with Gasteiger partial charge in [0.25, 0.3) is 5.91 Å². The molecule has 0 bridgehead atoms. The van der Waals surface area contributed by atoms with Crippen LogP contribution in [0.3, 0.4) is 0 Å². The lowest BCUT2D eigenvalue weighted by atomic mass is 9.98. The molecule has 0 N–H and O–H groups in total. The molecule has 1 atom stereocenters. The standard InChI is InChI=1S/C28H24N2O8S/c1-6-11-37-27(33)25-14(2)29-28(39-25)30-21(15-12-18(34-3)23(36-5)19(13-15)35-4)20-22(31)16-9-7-8-10-17(16)38-24(20)26(30)32/h6-10,12-13,21H,1,11H2,2-5H3/t21-/m0/s1. The minimum absolute atomic E-state index is 0.0265. The Morgan fingerprint density at radius 2 is 1.82 bits per heavy atom. The number of thiazole rings is 1. The highest BCUT2D eigenvalue weighted by Crippen LogP contribution is 2.47. The van der Waals surface area contributed by atoms with Gasteiger partial charge in [0.2, 0.25) is 11.5 Å². The Balaban J connectivity index is 1.77. The molecule has 2 aromatic heterocycles. The molecular weight excluding hydrogens is 524 g/mol. The minimum Gasteiger partial charge on any atom is -0.493 e. The summed E-state index contributed by atoms with van der Waals surface area (Å²) < 4.78 is 27.7. The topological polar surface area (TPSA) is 117 Å². The molecule has 200 valence electrons. The van der Waals surface area contributed by atoms with Crippen molar-refractivity contribution in [2.24, 2.45) is 0 Å². The molecule has 39 heavy (non-hydrogen) atoms.